The Morgan fingerprint density at radius 1 is 1.09 bits per heavy atom. The Bertz CT molecular complexity index is 1460. The van der Waals surface area contributed by atoms with Crippen LogP contribution >= 0.6 is 0 Å². The van der Waals surface area contributed by atoms with Crippen molar-refractivity contribution in [2.24, 2.45) is 21.6 Å². The number of allylic oxidation sites excluding steroid dienone is 3. The average molecular weight is 583 g/mol. The number of carbonyl (C=O) groups excluding carboxylic acids is 1. The van der Waals surface area contributed by atoms with Gasteiger partial charge in [-0.3, -0.25) is 14.8 Å². The summed E-state index contributed by atoms with van der Waals surface area (Å²) < 4.78 is 19.7. The fourth-order valence-corrected chi connectivity index (χ4v) is 4.08. The van der Waals surface area contributed by atoms with Crippen LogP contribution in [0.4, 0.5) is 10.1 Å². The van der Waals surface area contributed by atoms with Crippen LogP contribution in [-0.4, -0.2) is 38.7 Å². The average Bonchev–Trinajstić information content (AvgIpc) is 3.02. The van der Waals surface area contributed by atoms with Crippen molar-refractivity contribution in [3.63, 3.8) is 0 Å². The number of amides is 1. The molecule has 0 aromatic heterocycles. The van der Waals surface area contributed by atoms with Gasteiger partial charge in [0.15, 0.2) is 0 Å². The second kappa shape index (κ2) is 18.6. The third-order valence-corrected chi connectivity index (χ3v) is 6.35. The molecular formula is C36H43FN4O2. The number of benzene rings is 3. The summed E-state index contributed by atoms with van der Waals surface area (Å²) in [5.41, 5.74) is 10.2. The molecule has 3 aromatic rings. The summed E-state index contributed by atoms with van der Waals surface area (Å²) in [6, 6.07) is 19.9. The lowest BCUT2D eigenvalue weighted by Gasteiger charge is -2.19. The van der Waals surface area contributed by atoms with E-state index in [2.05, 4.69) is 37.5 Å². The highest BCUT2D eigenvalue weighted by atomic mass is 19.1. The molecule has 1 amide bonds. The molecular weight excluding hydrogens is 539 g/mol. The minimum absolute atomic E-state index is 0.143. The normalized spacial score (nSPS) is 12.2. The maximum Gasteiger partial charge on any atom is 0.222 e. The van der Waals surface area contributed by atoms with Crippen molar-refractivity contribution in [3.05, 3.63) is 120 Å². The van der Waals surface area contributed by atoms with E-state index in [4.69, 9.17) is 15.5 Å². The molecule has 226 valence electrons. The summed E-state index contributed by atoms with van der Waals surface area (Å²) in [5, 5.41) is 3.30. The first kappa shape index (κ1) is 34.4. The number of nitrogens with zero attached hydrogens (tertiary/aromatic N) is 2. The molecule has 0 aliphatic carbocycles. The molecule has 0 saturated carbocycles. The molecule has 0 fully saturated rings. The highest BCUT2D eigenvalue weighted by Crippen LogP contribution is 2.29. The smallest absolute Gasteiger partial charge is 0.222 e. The molecule has 1 unspecified atom stereocenters. The Kier molecular flexibility index (Phi) is 14.9. The zero-order chi connectivity index (χ0) is 31.6. The minimum atomic E-state index is -0.679. The van der Waals surface area contributed by atoms with Crippen molar-refractivity contribution in [2.75, 3.05) is 20.2 Å². The lowest BCUT2D eigenvalue weighted by Crippen LogP contribution is -2.38. The van der Waals surface area contributed by atoms with E-state index in [0.717, 1.165) is 22.4 Å². The molecule has 0 spiro atoms. The van der Waals surface area contributed by atoms with E-state index >= 15 is 0 Å². The third kappa shape index (κ3) is 10.9. The van der Waals surface area contributed by atoms with Crippen molar-refractivity contribution in [2.45, 2.75) is 33.6 Å². The molecule has 3 aromatic carbocycles. The van der Waals surface area contributed by atoms with Gasteiger partial charge in [-0.2, -0.15) is 0 Å². The Morgan fingerprint density at radius 2 is 1.81 bits per heavy atom. The van der Waals surface area contributed by atoms with Crippen molar-refractivity contribution in [3.8, 4) is 16.9 Å². The molecule has 0 aliphatic heterocycles. The summed E-state index contributed by atoms with van der Waals surface area (Å²) in [5.74, 6) is -0.362. The number of hydrogen-bond acceptors (Lipinski definition) is 4. The Balaban J connectivity index is 0.00000206. The van der Waals surface area contributed by atoms with Crippen molar-refractivity contribution < 1.29 is 13.9 Å². The highest BCUT2D eigenvalue weighted by Gasteiger charge is 2.20. The fraction of sp³-hybridized carbons (Fsp3) is 0.250. The van der Waals surface area contributed by atoms with E-state index in [1.54, 1.807) is 31.4 Å². The van der Waals surface area contributed by atoms with E-state index in [9.17, 15) is 9.18 Å². The van der Waals surface area contributed by atoms with Crippen molar-refractivity contribution in [1.29, 1.82) is 0 Å². The molecule has 0 bridgehead atoms. The van der Waals surface area contributed by atoms with Crippen LogP contribution in [0.5, 0.6) is 5.75 Å². The van der Waals surface area contributed by atoms with Crippen LogP contribution < -0.4 is 15.8 Å². The standard InChI is InChI=1S/C33H35FN4O2.C3H8/c1-5-7-11-23(6-2)21-37-33(38-22-27(32(35)39)18-26-12-8-9-15-30(26)34)29-20-25(16-17-31(29)36-3)24-13-10-14-28(19-24)40-4;1-3-2/h5-17,19-20,27H,2-3,18,21-22H2,1,4H3,(H2,35,39)(H,37,38);3H2,1-2H3/b7-5-,23-11+;. The molecule has 0 radical (unpaired) electrons. The number of ether oxygens (including phenoxy) is 1. The minimum Gasteiger partial charge on any atom is -0.497 e. The van der Waals surface area contributed by atoms with Gasteiger partial charge in [0.05, 0.1) is 25.3 Å². The number of aliphatic imine (C=N–C) groups is 2. The topological polar surface area (TPSA) is 89.1 Å². The van der Waals surface area contributed by atoms with Gasteiger partial charge in [0.25, 0.3) is 0 Å². The molecule has 3 N–H and O–H groups in total. The first-order valence-electron chi connectivity index (χ1n) is 14.3. The summed E-state index contributed by atoms with van der Waals surface area (Å²) in [6.45, 7) is 14.3. The summed E-state index contributed by atoms with van der Waals surface area (Å²) >= 11 is 0. The second-order valence-corrected chi connectivity index (χ2v) is 9.74. The molecule has 43 heavy (non-hydrogen) atoms. The van der Waals surface area contributed by atoms with Gasteiger partial charge in [-0.15, -0.1) is 0 Å². The highest BCUT2D eigenvalue weighted by molar-refractivity contribution is 6.04. The maximum absolute atomic E-state index is 14.3. The predicted molar refractivity (Wildman–Crippen MR) is 179 cm³/mol. The predicted octanol–water partition coefficient (Wildman–Crippen LogP) is 7.62. The molecule has 3 rings (SSSR count). The maximum atomic E-state index is 14.3. The molecule has 6 nitrogen and oxygen atoms in total. The zero-order valence-electron chi connectivity index (χ0n) is 25.6. The van der Waals surface area contributed by atoms with Crippen LogP contribution in [0.1, 0.15) is 38.3 Å². The lowest BCUT2D eigenvalue weighted by atomic mass is 9.97. The van der Waals surface area contributed by atoms with Crippen LogP contribution in [0.2, 0.25) is 0 Å². The first-order chi connectivity index (χ1) is 20.8. The largest absolute Gasteiger partial charge is 0.497 e. The Morgan fingerprint density at radius 3 is 2.44 bits per heavy atom. The van der Waals surface area contributed by atoms with E-state index in [-0.39, 0.29) is 18.8 Å². The SMILES string of the molecule is C=C/C(=C\C=C/C)CN=C(NCC(Cc1ccccc1F)C(N)=O)c1cc(-c2cccc(OC)c2)ccc1N=C.CCC. The third-order valence-electron chi connectivity index (χ3n) is 6.35. The van der Waals surface area contributed by atoms with Crippen LogP contribution in [-0.2, 0) is 11.2 Å². The van der Waals surface area contributed by atoms with Gasteiger partial charge in [-0.1, -0.05) is 87.5 Å². The van der Waals surface area contributed by atoms with Crippen LogP contribution in [0.15, 0.2) is 113 Å². The molecule has 0 aliphatic rings. The molecule has 0 saturated heterocycles. The molecule has 1 atom stereocenters. The number of rotatable bonds is 13. The summed E-state index contributed by atoms with van der Waals surface area (Å²) in [4.78, 5) is 21.4. The van der Waals surface area contributed by atoms with Gasteiger partial charge < -0.3 is 15.8 Å². The Hall–Kier alpha value is -4.78. The lowest BCUT2D eigenvalue weighted by molar-refractivity contribution is -0.121. The van der Waals surface area contributed by atoms with E-state index in [1.807, 2.05) is 67.6 Å². The number of primary amides is 1. The van der Waals surface area contributed by atoms with Gasteiger partial charge in [0.1, 0.15) is 17.4 Å². The van der Waals surface area contributed by atoms with Gasteiger partial charge in [0, 0.05) is 12.1 Å². The number of halogens is 1. The fourth-order valence-electron chi connectivity index (χ4n) is 4.08. The van der Waals surface area contributed by atoms with Crippen molar-refractivity contribution in [1.82, 2.24) is 5.32 Å². The number of nitrogens with two attached hydrogens (primary N) is 1. The summed E-state index contributed by atoms with van der Waals surface area (Å²) in [7, 11) is 1.62. The van der Waals surface area contributed by atoms with Gasteiger partial charge >= 0.3 is 0 Å². The van der Waals surface area contributed by atoms with Crippen LogP contribution in [0, 0.1) is 11.7 Å². The number of amidine groups is 1. The van der Waals surface area contributed by atoms with Gasteiger partial charge in [-0.25, -0.2) is 4.39 Å². The number of hydrogen-bond donors (Lipinski definition) is 2. The van der Waals surface area contributed by atoms with Crippen molar-refractivity contribution >= 4 is 24.1 Å². The van der Waals surface area contributed by atoms with Crippen LogP contribution in [0.3, 0.4) is 0 Å². The zero-order valence-corrected chi connectivity index (χ0v) is 25.6. The van der Waals surface area contributed by atoms with E-state index < -0.39 is 11.8 Å². The van der Waals surface area contributed by atoms with Crippen LogP contribution in [0.25, 0.3) is 11.1 Å². The second-order valence-electron chi connectivity index (χ2n) is 9.74. The van der Waals surface area contributed by atoms with Gasteiger partial charge in [0.2, 0.25) is 5.91 Å². The monoisotopic (exact) mass is 582 g/mol. The summed E-state index contributed by atoms with van der Waals surface area (Å²) in [6.07, 6.45) is 8.90. The number of methoxy groups -OCH3 is 1. The number of nitrogens with one attached hydrogen (secondary N) is 1. The van der Waals surface area contributed by atoms with Gasteiger partial charge in [-0.05, 0) is 72.7 Å². The first-order valence-corrected chi connectivity index (χ1v) is 14.3. The molecule has 0 heterocycles. The van der Waals surface area contributed by atoms with E-state index in [0.29, 0.717) is 29.2 Å². The quantitative estimate of drug-likeness (QED) is 0.123. The Labute approximate surface area is 255 Å². The van der Waals surface area contributed by atoms with E-state index in [1.165, 1.54) is 12.5 Å². The number of carbonyl (C=O) groups is 1. The molecule has 7 heteroatoms.